The second-order valence-corrected chi connectivity index (χ2v) is 10.2. The van der Waals surface area contributed by atoms with Crippen LogP contribution in [0, 0.1) is 6.92 Å². The van der Waals surface area contributed by atoms with Crippen LogP contribution in [0.3, 0.4) is 0 Å². The van der Waals surface area contributed by atoms with Crippen LogP contribution in [-0.4, -0.2) is 51.9 Å². The third-order valence-electron chi connectivity index (χ3n) is 2.99. The van der Waals surface area contributed by atoms with Crippen molar-refractivity contribution in [2.24, 2.45) is 0 Å². The standard InChI is InChI=1S/C14H21N3O2S/c1-11-15-13-6-5-12(9-18)16-14(13)17(11)10-19-7-8-20(2,3)4/h5-6,9H,7-8,10H2,1-4H3. The Bertz CT molecular complexity index is 617. The lowest BCUT2D eigenvalue weighted by Gasteiger charge is -2.24. The summed E-state index contributed by atoms with van der Waals surface area (Å²) >= 11 is 0. The number of aldehydes is 1. The first-order valence-electron chi connectivity index (χ1n) is 6.43. The summed E-state index contributed by atoms with van der Waals surface area (Å²) in [5.74, 6) is 1.92. The molecule has 0 N–H and O–H groups in total. The van der Waals surface area contributed by atoms with E-state index >= 15 is 0 Å². The zero-order chi connectivity index (χ0) is 14.8. The van der Waals surface area contributed by atoms with Gasteiger partial charge in [0.25, 0.3) is 0 Å². The van der Waals surface area contributed by atoms with Gasteiger partial charge in [-0.15, -0.1) is 0 Å². The Morgan fingerprint density at radius 2 is 2.05 bits per heavy atom. The number of carbonyl (C=O) groups excluding carboxylic acids is 1. The topological polar surface area (TPSA) is 57.0 Å². The molecular formula is C14H21N3O2S. The van der Waals surface area contributed by atoms with Crippen LogP contribution < -0.4 is 0 Å². The Hall–Kier alpha value is -1.40. The molecule has 0 aliphatic carbocycles. The number of ether oxygens (including phenoxy) is 1. The quantitative estimate of drug-likeness (QED) is 0.605. The van der Waals surface area contributed by atoms with E-state index in [4.69, 9.17) is 4.74 Å². The molecule has 0 saturated carbocycles. The highest BCUT2D eigenvalue weighted by Gasteiger charge is 2.10. The van der Waals surface area contributed by atoms with E-state index in [0.29, 0.717) is 18.1 Å². The highest BCUT2D eigenvalue weighted by Crippen LogP contribution is 2.33. The van der Waals surface area contributed by atoms with Gasteiger partial charge in [0.2, 0.25) is 0 Å². The molecule has 20 heavy (non-hydrogen) atoms. The van der Waals surface area contributed by atoms with Gasteiger partial charge >= 0.3 is 0 Å². The normalized spacial score (nSPS) is 12.8. The summed E-state index contributed by atoms with van der Waals surface area (Å²) in [7, 11) is -0.540. The lowest BCUT2D eigenvalue weighted by molar-refractivity contribution is 0.0905. The van der Waals surface area contributed by atoms with Crippen molar-refractivity contribution in [1.29, 1.82) is 0 Å². The highest BCUT2D eigenvalue weighted by atomic mass is 32.3. The fourth-order valence-electron chi connectivity index (χ4n) is 1.81. The van der Waals surface area contributed by atoms with Crippen LogP contribution >= 0.6 is 10.0 Å². The fraction of sp³-hybridized carbons (Fsp3) is 0.500. The van der Waals surface area contributed by atoms with E-state index < -0.39 is 10.0 Å². The molecule has 6 heteroatoms. The number of imidazole rings is 1. The molecule has 0 radical (unpaired) electrons. The first-order chi connectivity index (χ1) is 9.40. The predicted molar refractivity (Wildman–Crippen MR) is 83.8 cm³/mol. The molecule has 0 atom stereocenters. The Kier molecular flexibility index (Phi) is 4.45. The number of rotatable bonds is 6. The van der Waals surface area contributed by atoms with E-state index in [0.717, 1.165) is 30.0 Å². The molecule has 0 aromatic carbocycles. The molecule has 2 aromatic rings. The van der Waals surface area contributed by atoms with Gasteiger partial charge in [-0.25, -0.2) is 20.0 Å². The van der Waals surface area contributed by atoms with Crippen molar-refractivity contribution >= 4 is 27.5 Å². The van der Waals surface area contributed by atoms with Gasteiger partial charge in [-0.05, 0) is 37.8 Å². The van der Waals surface area contributed by atoms with Crippen LogP contribution in [0.15, 0.2) is 12.1 Å². The molecule has 2 heterocycles. The second-order valence-electron chi connectivity index (χ2n) is 5.62. The smallest absolute Gasteiger partial charge is 0.168 e. The SMILES string of the molecule is Cc1nc2ccc(C=O)nc2n1COCCS(C)(C)C. The molecule has 0 unspecified atom stereocenters. The maximum absolute atomic E-state index is 10.8. The van der Waals surface area contributed by atoms with Crippen molar-refractivity contribution in [3.8, 4) is 0 Å². The molecule has 0 bridgehead atoms. The molecule has 0 aliphatic heterocycles. The third-order valence-corrected chi connectivity index (χ3v) is 4.38. The lowest BCUT2D eigenvalue weighted by Crippen LogP contribution is -2.11. The van der Waals surface area contributed by atoms with E-state index in [1.165, 1.54) is 0 Å². The maximum Gasteiger partial charge on any atom is 0.168 e. The first-order valence-corrected chi connectivity index (χ1v) is 9.46. The maximum atomic E-state index is 10.8. The average molecular weight is 295 g/mol. The first kappa shape index (κ1) is 15.0. The molecule has 2 rings (SSSR count). The van der Waals surface area contributed by atoms with Crippen LogP contribution in [0.1, 0.15) is 16.3 Å². The second kappa shape index (κ2) is 5.93. The summed E-state index contributed by atoms with van der Waals surface area (Å²) in [6.45, 7) is 3.07. The van der Waals surface area contributed by atoms with Crippen LogP contribution in [0.5, 0.6) is 0 Å². The highest BCUT2D eigenvalue weighted by molar-refractivity contribution is 8.32. The Morgan fingerprint density at radius 3 is 2.70 bits per heavy atom. The minimum atomic E-state index is -0.540. The number of hydrogen-bond acceptors (Lipinski definition) is 4. The number of pyridine rings is 1. The number of carbonyl (C=O) groups is 1. The minimum absolute atomic E-state index is 0.415. The van der Waals surface area contributed by atoms with E-state index in [2.05, 4.69) is 28.7 Å². The van der Waals surface area contributed by atoms with Gasteiger partial charge in [-0.1, -0.05) is 0 Å². The minimum Gasteiger partial charge on any atom is -0.360 e. The van der Waals surface area contributed by atoms with Crippen molar-refractivity contribution in [3.05, 3.63) is 23.7 Å². The van der Waals surface area contributed by atoms with E-state index in [-0.39, 0.29) is 0 Å². The third kappa shape index (κ3) is 3.58. The van der Waals surface area contributed by atoms with Gasteiger partial charge in [-0.3, -0.25) is 9.36 Å². The number of aryl methyl sites for hydroxylation is 1. The number of nitrogens with zero attached hydrogens (tertiary/aromatic N) is 3. The molecule has 5 nitrogen and oxygen atoms in total. The van der Waals surface area contributed by atoms with Crippen molar-refractivity contribution in [3.63, 3.8) is 0 Å². The zero-order valence-electron chi connectivity index (χ0n) is 12.4. The summed E-state index contributed by atoms with van der Waals surface area (Å²) in [5, 5.41) is 0. The van der Waals surface area contributed by atoms with Gasteiger partial charge in [-0.2, -0.15) is 0 Å². The average Bonchev–Trinajstić information content (AvgIpc) is 2.68. The van der Waals surface area contributed by atoms with Crippen LogP contribution in [0.4, 0.5) is 0 Å². The summed E-state index contributed by atoms with van der Waals surface area (Å²) in [6.07, 6.45) is 7.56. The Labute approximate surface area is 120 Å². The molecule has 0 aliphatic rings. The molecule has 0 spiro atoms. The van der Waals surface area contributed by atoms with Crippen molar-refractivity contribution < 1.29 is 9.53 Å². The van der Waals surface area contributed by atoms with Crippen molar-refractivity contribution in [2.45, 2.75) is 13.7 Å². The summed E-state index contributed by atoms with van der Waals surface area (Å²) < 4.78 is 7.64. The van der Waals surface area contributed by atoms with Gasteiger partial charge in [0.05, 0.1) is 6.61 Å². The molecule has 0 saturated heterocycles. The van der Waals surface area contributed by atoms with Gasteiger partial charge in [0, 0.05) is 5.75 Å². The Balaban J connectivity index is 2.12. The molecular weight excluding hydrogens is 274 g/mol. The largest absolute Gasteiger partial charge is 0.360 e. The monoisotopic (exact) mass is 295 g/mol. The summed E-state index contributed by atoms with van der Waals surface area (Å²) in [4.78, 5) is 19.5. The van der Waals surface area contributed by atoms with Gasteiger partial charge < -0.3 is 4.74 Å². The molecule has 0 fully saturated rings. The van der Waals surface area contributed by atoms with Gasteiger partial charge in [0.15, 0.2) is 11.9 Å². The zero-order valence-corrected chi connectivity index (χ0v) is 13.2. The predicted octanol–water partition coefficient (Wildman–Crippen LogP) is 2.22. The van der Waals surface area contributed by atoms with Crippen LogP contribution in [0.2, 0.25) is 0 Å². The lowest BCUT2D eigenvalue weighted by atomic mass is 10.3. The fourth-order valence-corrected chi connectivity index (χ4v) is 2.43. The number of hydrogen-bond donors (Lipinski definition) is 0. The summed E-state index contributed by atoms with van der Waals surface area (Å²) in [6, 6.07) is 3.49. The van der Waals surface area contributed by atoms with Crippen LogP contribution in [-0.2, 0) is 11.5 Å². The Morgan fingerprint density at radius 1 is 1.30 bits per heavy atom. The van der Waals surface area contributed by atoms with Gasteiger partial charge in [0.1, 0.15) is 23.8 Å². The van der Waals surface area contributed by atoms with E-state index in [1.54, 1.807) is 6.07 Å². The van der Waals surface area contributed by atoms with Crippen molar-refractivity contribution in [1.82, 2.24) is 14.5 Å². The van der Waals surface area contributed by atoms with E-state index in [1.807, 2.05) is 17.6 Å². The van der Waals surface area contributed by atoms with Crippen molar-refractivity contribution in [2.75, 3.05) is 31.1 Å². The molecule has 110 valence electrons. The number of fused-ring (bicyclic) bond motifs is 1. The summed E-state index contributed by atoms with van der Waals surface area (Å²) in [5.41, 5.74) is 1.91. The van der Waals surface area contributed by atoms with Crippen LogP contribution in [0.25, 0.3) is 11.2 Å². The van der Waals surface area contributed by atoms with E-state index in [9.17, 15) is 4.79 Å². The molecule has 2 aromatic heterocycles. The number of aromatic nitrogens is 3. The molecule has 0 amide bonds.